The zero-order valence-corrected chi connectivity index (χ0v) is 14.4. The zero-order valence-electron chi connectivity index (χ0n) is 13.5. The fourth-order valence-corrected chi connectivity index (χ4v) is 2.57. The summed E-state index contributed by atoms with van der Waals surface area (Å²) in [4.78, 5) is 22.7. The van der Waals surface area contributed by atoms with E-state index >= 15 is 0 Å². The Hall–Kier alpha value is -2.55. The Morgan fingerprint density at radius 2 is 1.92 bits per heavy atom. The van der Waals surface area contributed by atoms with E-state index in [1.54, 1.807) is 12.1 Å². The van der Waals surface area contributed by atoms with E-state index in [4.69, 9.17) is 4.74 Å². The largest absolute Gasteiger partial charge is 0.441 e. The Morgan fingerprint density at radius 1 is 1.29 bits per heavy atom. The number of carbonyl (C=O) groups is 2. The third kappa shape index (κ3) is 6.29. The van der Waals surface area contributed by atoms with E-state index in [1.165, 1.54) is 25.3 Å². The number of rotatable bonds is 7. The van der Waals surface area contributed by atoms with Crippen molar-refractivity contribution >= 4 is 22.1 Å². The highest BCUT2D eigenvalue weighted by Crippen LogP contribution is 2.10. The minimum Gasteiger partial charge on any atom is -0.441 e. The van der Waals surface area contributed by atoms with Crippen LogP contribution in [0.5, 0.6) is 0 Å². The van der Waals surface area contributed by atoms with Crippen molar-refractivity contribution in [3.63, 3.8) is 0 Å². The number of amides is 3. The molecule has 0 aliphatic rings. The van der Waals surface area contributed by atoms with Gasteiger partial charge in [0.15, 0.2) is 0 Å². The van der Waals surface area contributed by atoms with Crippen LogP contribution in [-0.2, 0) is 14.8 Å². The van der Waals surface area contributed by atoms with Crippen LogP contribution in [-0.4, -0.2) is 40.2 Å². The van der Waals surface area contributed by atoms with Crippen molar-refractivity contribution in [3.8, 4) is 0 Å². The summed E-state index contributed by atoms with van der Waals surface area (Å²) in [6.07, 6.45) is -0.241. The van der Waals surface area contributed by atoms with Crippen molar-refractivity contribution in [2.45, 2.75) is 24.3 Å². The second kappa shape index (κ2) is 8.92. The summed E-state index contributed by atoms with van der Waals surface area (Å²) < 4.78 is 30.9. The number of nitrogens with one attached hydrogen (secondary N) is 3. The van der Waals surface area contributed by atoms with E-state index < -0.39 is 22.2 Å². The molecular weight excluding hydrogens is 334 g/mol. The van der Waals surface area contributed by atoms with Gasteiger partial charge in [0.05, 0.1) is 4.90 Å². The van der Waals surface area contributed by atoms with E-state index in [0.29, 0.717) is 0 Å². The number of aryl methyl sites for hydroxylation is 1. The van der Waals surface area contributed by atoms with Crippen LogP contribution in [0.3, 0.4) is 0 Å². The van der Waals surface area contributed by atoms with Gasteiger partial charge in [-0.25, -0.2) is 22.7 Å². The van der Waals surface area contributed by atoms with Gasteiger partial charge in [-0.1, -0.05) is 30.4 Å². The van der Waals surface area contributed by atoms with Crippen molar-refractivity contribution in [1.29, 1.82) is 0 Å². The maximum absolute atomic E-state index is 12.1. The van der Waals surface area contributed by atoms with Crippen molar-refractivity contribution in [2.24, 2.45) is 0 Å². The fraction of sp³-hybridized carbons (Fsp3) is 0.333. The molecule has 1 atom stereocenters. The van der Waals surface area contributed by atoms with Gasteiger partial charge in [0.1, 0.15) is 6.10 Å². The molecule has 0 aliphatic carbocycles. The molecule has 8 nitrogen and oxygen atoms in total. The number of urea groups is 1. The van der Waals surface area contributed by atoms with Crippen LogP contribution in [0.2, 0.25) is 0 Å². The Labute approximate surface area is 141 Å². The molecule has 0 radical (unpaired) electrons. The molecule has 1 rings (SSSR count). The molecule has 0 saturated heterocycles. The molecule has 3 amide bonds. The first-order valence-corrected chi connectivity index (χ1v) is 8.65. The molecule has 1 aromatic rings. The van der Waals surface area contributed by atoms with E-state index in [9.17, 15) is 18.0 Å². The van der Waals surface area contributed by atoms with Crippen molar-refractivity contribution in [1.82, 2.24) is 15.4 Å². The maximum atomic E-state index is 12.1. The van der Waals surface area contributed by atoms with Crippen LogP contribution >= 0.6 is 0 Å². The molecule has 9 heteroatoms. The highest BCUT2D eigenvalue weighted by molar-refractivity contribution is 7.90. The summed E-state index contributed by atoms with van der Waals surface area (Å²) in [7, 11) is -2.53. The number of hydrogen-bond acceptors (Lipinski definition) is 5. The monoisotopic (exact) mass is 355 g/mol. The Bertz CT molecular complexity index is 686. The summed E-state index contributed by atoms with van der Waals surface area (Å²) in [6, 6.07) is 5.66. The summed E-state index contributed by atoms with van der Waals surface area (Å²) in [6.45, 7) is 5.56. The highest BCUT2D eigenvalue weighted by Gasteiger charge is 2.20. The number of benzene rings is 1. The second-order valence-corrected chi connectivity index (χ2v) is 6.57. The molecular formula is C15H21N3O5S. The molecule has 0 heterocycles. The molecule has 24 heavy (non-hydrogen) atoms. The van der Waals surface area contributed by atoms with Gasteiger partial charge in [-0.15, -0.1) is 0 Å². The van der Waals surface area contributed by atoms with Crippen LogP contribution in [0, 0.1) is 6.92 Å². The number of hydrogen-bond donors (Lipinski definition) is 3. The third-order valence-electron chi connectivity index (χ3n) is 3.01. The van der Waals surface area contributed by atoms with Crippen LogP contribution in [0.15, 0.2) is 41.8 Å². The highest BCUT2D eigenvalue weighted by atomic mass is 32.2. The Morgan fingerprint density at radius 3 is 2.46 bits per heavy atom. The van der Waals surface area contributed by atoms with Gasteiger partial charge in [-0.05, 0) is 19.1 Å². The van der Waals surface area contributed by atoms with Crippen LogP contribution < -0.4 is 15.4 Å². The first-order chi connectivity index (χ1) is 11.3. The predicted octanol–water partition coefficient (Wildman–Crippen LogP) is 1.28. The normalized spacial score (nSPS) is 11.9. The van der Waals surface area contributed by atoms with E-state index in [2.05, 4.69) is 17.2 Å². The van der Waals surface area contributed by atoms with Crippen LogP contribution in [0.1, 0.15) is 12.0 Å². The molecule has 0 spiro atoms. The van der Waals surface area contributed by atoms with Crippen LogP contribution in [0.25, 0.3) is 0 Å². The Balaban J connectivity index is 2.58. The van der Waals surface area contributed by atoms with Gasteiger partial charge < -0.3 is 15.4 Å². The quantitative estimate of drug-likeness (QED) is 0.638. The average Bonchev–Trinajstić information content (AvgIpc) is 2.53. The summed E-state index contributed by atoms with van der Waals surface area (Å²) in [5.74, 6) is 0. The lowest BCUT2D eigenvalue weighted by Crippen LogP contribution is -2.36. The molecule has 0 aliphatic heterocycles. The van der Waals surface area contributed by atoms with Gasteiger partial charge in [0.25, 0.3) is 10.0 Å². The topological polar surface area (TPSA) is 114 Å². The lowest BCUT2D eigenvalue weighted by Gasteiger charge is -2.15. The number of ether oxygens (including phenoxy) is 1. The molecule has 0 saturated carbocycles. The van der Waals surface area contributed by atoms with Crippen LogP contribution in [0.4, 0.5) is 9.59 Å². The summed E-state index contributed by atoms with van der Waals surface area (Å²) >= 11 is 0. The minimum atomic E-state index is -4.01. The molecule has 0 bridgehead atoms. The lowest BCUT2D eigenvalue weighted by atomic mass is 10.2. The fourth-order valence-electron chi connectivity index (χ4n) is 1.69. The van der Waals surface area contributed by atoms with Gasteiger partial charge in [-0.3, -0.25) is 0 Å². The smallest absolute Gasteiger partial charge is 0.421 e. The number of sulfonamides is 1. The molecule has 3 N–H and O–H groups in total. The van der Waals surface area contributed by atoms with Gasteiger partial charge in [-0.2, -0.15) is 0 Å². The summed E-state index contributed by atoms with van der Waals surface area (Å²) in [5.41, 5.74) is 0.895. The standard InChI is InChI=1S/C15H21N3O5S/c1-4-12(9-10-17-14(19)16-3)23-15(20)18-24(21,22)13-7-5-11(2)6-8-13/h4-8,12H,1,9-10H2,2-3H3,(H,18,20)(H2,16,17,19)/t12-/m0/s1. The first kappa shape index (κ1) is 19.5. The average molecular weight is 355 g/mol. The van der Waals surface area contributed by atoms with Crippen molar-refractivity contribution < 1.29 is 22.7 Å². The molecule has 132 valence electrons. The molecule has 0 unspecified atom stereocenters. The Kier molecular flexibility index (Phi) is 7.25. The third-order valence-corrected chi connectivity index (χ3v) is 4.34. The lowest BCUT2D eigenvalue weighted by molar-refractivity contribution is 0.121. The minimum absolute atomic E-state index is 0.0403. The van der Waals surface area contributed by atoms with Gasteiger partial charge >= 0.3 is 12.1 Å². The van der Waals surface area contributed by atoms with E-state index in [0.717, 1.165) is 5.56 Å². The number of carbonyl (C=O) groups excluding carboxylic acids is 2. The first-order valence-electron chi connectivity index (χ1n) is 7.16. The van der Waals surface area contributed by atoms with E-state index in [1.807, 2.05) is 11.6 Å². The van der Waals surface area contributed by atoms with Gasteiger partial charge in [0.2, 0.25) is 0 Å². The van der Waals surface area contributed by atoms with Crippen molar-refractivity contribution in [3.05, 3.63) is 42.5 Å². The molecule has 0 fully saturated rings. The molecule has 1 aromatic carbocycles. The van der Waals surface area contributed by atoms with Crippen molar-refractivity contribution in [2.75, 3.05) is 13.6 Å². The maximum Gasteiger partial charge on any atom is 0.421 e. The zero-order chi connectivity index (χ0) is 18.2. The van der Waals surface area contributed by atoms with Gasteiger partial charge in [0, 0.05) is 20.0 Å². The molecule has 0 aromatic heterocycles. The summed E-state index contributed by atoms with van der Waals surface area (Å²) in [5, 5.41) is 4.90. The second-order valence-electron chi connectivity index (χ2n) is 4.89. The predicted molar refractivity (Wildman–Crippen MR) is 89.0 cm³/mol. The SMILES string of the molecule is C=C[C@@H](CCNC(=O)NC)OC(=O)NS(=O)(=O)c1ccc(C)cc1. The van der Waals surface area contributed by atoms with E-state index in [-0.39, 0.29) is 23.9 Å².